The summed E-state index contributed by atoms with van der Waals surface area (Å²) < 4.78 is 5.09. The van der Waals surface area contributed by atoms with Crippen LogP contribution in [0.3, 0.4) is 0 Å². The van der Waals surface area contributed by atoms with E-state index in [1.807, 2.05) is 13.1 Å². The molecule has 0 aliphatic rings. The number of imide groups is 1. The molecule has 1 aromatic heterocycles. The number of halogens is 2. The van der Waals surface area contributed by atoms with Gasteiger partial charge in [-0.3, -0.25) is 10.1 Å². The Kier molecular flexibility index (Phi) is 6.66. The van der Waals surface area contributed by atoms with Crippen LogP contribution < -0.4 is 15.5 Å². The Hall–Kier alpha value is -2.02. The van der Waals surface area contributed by atoms with Gasteiger partial charge in [-0.15, -0.1) is 0 Å². The predicted molar refractivity (Wildman–Crippen MR) is 91.0 cm³/mol. The maximum Gasteiger partial charge on any atom is 0.321 e. The van der Waals surface area contributed by atoms with Crippen molar-refractivity contribution in [2.75, 3.05) is 13.6 Å². The highest BCUT2D eigenvalue weighted by Crippen LogP contribution is 2.22. The molecule has 0 spiro atoms. The smallest absolute Gasteiger partial charge is 0.321 e. The van der Waals surface area contributed by atoms with Crippen molar-refractivity contribution in [1.29, 1.82) is 0 Å². The monoisotopic (exact) mass is 370 g/mol. The molecular weight excluding hydrogens is 353 g/mol. The van der Waals surface area contributed by atoms with Gasteiger partial charge in [0.2, 0.25) is 0 Å². The first-order valence-electron chi connectivity index (χ1n) is 7.29. The van der Waals surface area contributed by atoms with Crippen LogP contribution in [0.5, 0.6) is 0 Å². The summed E-state index contributed by atoms with van der Waals surface area (Å²) in [7, 11) is 1.85. The highest BCUT2D eigenvalue weighted by atomic mass is 35.5. The summed E-state index contributed by atoms with van der Waals surface area (Å²) in [6.45, 7) is 0.949. The van der Waals surface area contributed by atoms with Gasteiger partial charge < -0.3 is 14.6 Å². The number of likely N-dealkylation sites (N-methyl/N-ethyl adjacent to an activating group) is 1. The van der Waals surface area contributed by atoms with Gasteiger partial charge in [0.15, 0.2) is 6.54 Å². The molecule has 0 aliphatic carbocycles. The highest BCUT2D eigenvalue weighted by molar-refractivity contribution is 6.42. The molecule has 1 aromatic carbocycles. The van der Waals surface area contributed by atoms with Crippen LogP contribution in [0.4, 0.5) is 4.79 Å². The lowest BCUT2D eigenvalue weighted by Crippen LogP contribution is -3.09. The Bertz CT molecular complexity index is 705. The molecule has 1 atom stereocenters. The SMILES string of the molecule is C[NH+](CC(=O)NC(=O)NCc1ccco1)Cc1ccc(Cl)c(Cl)c1. The third kappa shape index (κ3) is 5.88. The summed E-state index contributed by atoms with van der Waals surface area (Å²) in [5.74, 6) is 0.240. The number of rotatable bonds is 6. The van der Waals surface area contributed by atoms with Crippen molar-refractivity contribution in [3.63, 3.8) is 0 Å². The summed E-state index contributed by atoms with van der Waals surface area (Å²) >= 11 is 11.8. The fourth-order valence-electron chi connectivity index (χ4n) is 2.13. The molecular formula is C16H18Cl2N3O3+. The van der Waals surface area contributed by atoms with E-state index in [1.54, 1.807) is 24.3 Å². The topological polar surface area (TPSA) is 75.8 Å². The van der Waals surface area contributed by atoms with Gasteiger partial charge in [0.25, 0.3) is 5.91 Å². The van der Waals surface area contributed by atoms with E-state index in [1.165, 1.54) is 6.26 Å². The van der Waals surface area contributed by atoms with Gasteiger partial charge in [-0.2, -0.15) is 0 Å². The lowest BCUT2D eigenvalue weighted by molar-refractivity contribution is -0.885. The van der Waals surface area contributed by atoms with E-state index in [0.717, 1.165) is 10.5 Å². The molecule has 3 N–H and O–H groups in total. The first kappa shape index (κ1) is 18.3. The van der Waals surface area contributed by atoms with Crippen LogP contribution in [0.1, 0.15) is 11.3 Å². The van der Waals surface area contributed by atoms with Crippen molar-refractivity contribution in [2.45, 2.75) is 13.1 Å². The third-order valence-corrected chi connectivity index (χ3v) is 3.95. The van der Waals surface area contributed by atoms with Gasteiger partial charge in [0.1, 0.15) is 12.3 Å². The summed E-state index contributed by atoms with van der Waals surface area (Å²) in [6.07, 6.45) is 1.52. The molecule has 0 fully saturated rings. The average Bonchev–Trinajstić information content (AvgIpc) is 3.02. The van der Waals surface area contributed by atoms with Crippen LogP contribution in [0.2, 0.25) is 10.0 Å². The number of hydrogen-bond acceptors (Lipinski definition) is 3. The van der Waals surface area contributed by atoms with Crippen LogP contribution in [0.15, 0.2) is 41.0 Å². The molecule has 0 bridgehead atoms. The van der Waals surface area contributed by atoms with E-state index in [0.29, 0.717) is 22.4 Å². The zero-order valence-corrected chi connectivity index (χ0v) is 14.6. The lowest BCUT2D eigenvalue weighted by Gasteiger charge is -2.14. The average molecular weight is 371 g/mol. The van der Waals surface area contributed by atoms with Crippen molar-refractivity contribution in [1.82, 2.24) is 10.6 Å². The Morgan fingerprint density at radius 1 is 1.21 bits per heavy atom. The molecule has 6 nitrogen and oxygen atoms in total. The van der Waals surface area contributed by atoms with Gasteiger partial charge in [0.05, 0.1) is 29.9 Å². The third-order valence-electron chi connectivity index (χ3n) is 3.21. The van der Waals surface area contributed by atoms with Crippen molar-refractivity contribution >= 4 is 35.1 Å². The maximum atomic E-state index is 11.9. The minimum atomic E-state index is -0.557. The van der Waals surface area contributed by atoms with Crippen LogP contribution in [0.25, 0.3) is 0 Å². The number of quaternary nitrogens is 1. The van der Waals surface area contributed by atoms with Crippen LogP contribution >= 0.6 is 23.2 Å². The number of carbonyl (C=O) groups is 2. The Balaban J connectivity index is 1.74. The minimum Gasteiger partial charge on any atom is -0.467 e. The number of benzene rings is 1. The molecule has 3 amide bonds. The van der Waals surface area contributed by atoms with E-state index in [4.69, 9.17) is 27.6 Å². The number of carbonyl (C=O) groups excluding carboxylic acids is 2. The Morgan fingerprint density at radius 2 is 2.00 bits per heavy atom. The van der Waals surface area contributed by atoms with E-state index < -0.39 is 6.03 Å². The van der Waals surface area contributed by atoms with E-state index in [9.17, 15) is 9.59 Å². The predicted octanol–water partition coefficient (Wildman–Crippen LogP) is 1.63. The zero-order chi connectivity index (χ0) is 17.5. The second-order valence-corrected chi connectivity index (χ2v) is 6.18. The van der Waals surface area contributed by atoms with Gasteiger partial charge in [-0.1, -0.05) is 29.3 Å². The van der Waals surface area contributed by atoms with Crippen LogP contribution in [-0.2, 0) is 17.9 Å². The fraction of sp³-hybridized carbons (Fsp3) is 0.250. The van der Waals surface area contributed by atoms with E-state index in [-0.39, 0.29) is 19.0 Å². The highest BCUT2D eigenvalue weighted by Gasteiger charge is 2.14. The molecule has 8 heteroatoms. The number of urea groups is 1. The lowest BCUT2D eigenvalue weighted by atomic mass is 10.2. The molecule has 1 heterocycles. The first-order valence-corrected chi connectivity index (χ1v) is 8.05. The zero-order valence-electron chi connectivity index (χ0n) is 13.1. The number of furan rings is 1. The normalized spacial score (nSPS) is 11.8. The Morgan fingerprint density at radius 3 is 2.67 bits per heavy atom. The number of hydrogen-bond donors (Lipinski definition) is 3. The largest absolute Gasteiger partial charge is 0.467 e. The van der Waals surface area contributed by atoms with Gasteiger partial charge >= 0.3 is 6.03 Å². The van der Waals surface area contributed by atoms with E-state index >= 15 is 0 Å². The quantitative estimate of drug-likeness (QED) is 0.723. The van der Waals surface area contributed by atoms with Gasteiger partial charge in [0, 0.05) is 5.56 Å². The molecule has 1 unspecified atom stereocenters. The minimum absolute atomic E-state index is 0.147. The standard InChI is InChI=1S/C16H17Cl2N3O3/c1-21(9-11-4-5-13(17)14(18)7-11)10-15(22)20-16(23)19-8-12-3-2-6-24-12/h2-7H,8-10H2,1H3,(H2,19,20,22,23)/p+1. The number of amides is 3. The first-order chi connectivity index (χ1) is 11.4. The summed E-state index contributed by atoms with van der Waals surface area (Å²) in [4.78, 5) is 24.4. The van der Waals surface area contributed by atoms with Gasteiger partial charge in [-0.05, 0) is 24.3 Å². The number of nitrogens with one attached hydrogen (secondary N) is 3. The summed E-state index contributed by atoms with van der Waals surface area (Å²) in [5.41, 5.74) is 0.956. The Labute approximate surface area is 149 Å². The van der Waals surface area contributed by atoms with E-state index in [2.05, 4.69) is 10.6 Å². The van der Waals surface area contributed by atoms with Crippen LogP contribution in [-0.4, -0.2) is 25.5 Å². The molecule has 2 rings (SSSR count). The summed E-state index contributed by atoms with van der Waals surface area (Å²) in [5, 5.41) is 5.79. The van der Waals surface area contributed by atoms with Crippen molar-refractivity contribution in [3.8, 4) is 0 Å². The van der Waals surface area contributed by atoms with Crippen LogP contribution in [0, 0.1) is 0 Å². The molecule has 0 saturated carbocycles. The van der Waals surface area contributed by atoms with Crippen molar-refractivity contribution in [2.24, 2.45) is 0 Å². The molecule has 2 aromatic rings. The summed E-state index contributed by atoms with van der Waals surface area (Å²) in [6, 6.07) is 8.24. The molecule has 0 saturated heterocycles. The fourth-order valence-corrected chi connectivity index (χ4v) is 2.45. The van der Waals surface area contributed by atoms with Crippen molar-refractivity contribution in [3.05, 3.63) is 58.0 Å². The molecule has 128 valence electrons. The second kappa shape index (κ2) is 8.73. The van der Waals surface area contributed by atoms with Gasteiger partial charge in [-0.25, -0.2) is 4.79 Å². The molecule has 24 heavy (non-hydrogen) atoms. The van der Waals surface area contributed by atoms with Crippen molar-refractivity contribution < 1.29 is 18.9 Å². The molecule has 0 aliphatic heterocycles. The maximum absolute atomic E-state index is 11.9. The second-order valence-electron chi connectivity index (χ2n) is 5.37. The molecule has 0 radical (unpaired) electrons.